The van der Waals surface area contributed by atoms with Crippen LogP contribution in [0.2, 0.25) is 0 Å². The average Bonchev–Trinajstić information content (AvgIpc) is 2.51. The lowest BCUT2D eigenvalue weighted by atomic mass is 9.98. The Morgan fingerprint density at radius 2 is 1.83 bits per heavy atom. The summed E-state index contributed by atoms with van der Waals surface area (Å²) in [6.45, 7) is 0.458. The molecule has 136 valence electrons. The van der Waals surface area contributed by atoms with Crippen molar-refractivity contribution in [2.45, 2.75) is 37.4 Å². The molecule has 24 heavy (non-hydrogen) atoms. The van der Waals surface area contributed by atoms with Crippen molar-refractivity contribution in [1.29, 1.82) is 0 Å². The lowest BCUT2D eigenvalue weighted by Crippen LogP contribution is -2.57. The van der Waals surface area contributed by atoms with Gasteiger partial charge in [0.1, 0.15) is 0 Å². The van der Waals surface area contributed by atoms with Crippen LogP contribution in [-0.2, 0) is 9.53 Å². The normalized spacial score (nSPS) is 17.2. The van der Waals surface area contributed by atoms with Gasteiger partial charge >= 0.3 is 12.1 Å². The summed E-state index contributed by atoms with van der Waals surface area (Å²) in [5, 5.41) is 12.1. The minimum atomic E-state index is -5.33. The largest absolute Gasteiger partial charge is 0.491 e. The van der Waals surface area contributed by atoms with E-state index in [0.29, 0.717) is 0 Å². The van der Waals surface area contributed by atoms with Crippen LogP contribution in [0.25, 0.3) is 0 Å². The van der Waals surface area contributed by atoms with E-state index in [1.165, 1.54) is 24.3 Å². The van der Waals surface area contributed by atoms with Crippen LogP contribution in [0.3, 0.4) is 0 Å². The number of hydrogen-bond donors (Lipinski definition) is 3. The van der Waals surface area contributed by atoms with Crippen molar-refractivity contribution in [1.82, 2.24) is 5.32 Å². The number of ether oxygens (including phenoxy) is 1. The number of carbonyl (C=O) groups is 1. The maximum atomic E-state index is 13.2. The highest BCUT2D eigenvalue weighted by Crippen LogP contribution is 2.26. The fraction of sp³-hybridized carbons (Fsp3) is 0.500. The van der Waals surface area contributed by atoms with Crippen LogP contribution in [-0.4, -0.2) is 42.1 Å². The Kier molecular flexibility index (Phi) is 6.64. The van der Waals surface area contributed by atoms with E-state index in [4.69, 9.17) is 5.73 Å². The van der Waals surface area contributed by atoms with Gasteiger partial charge in [-0.1, -0.05) is 30.3 Å². The van der Waals surface area contributed by atoms with Crippen LogP contribution >= 0.6 is 0 Å². The molecule has 3 unspecified atom stereocenters. The Balaban J connectivity index is 3.09. The predicted octanol–water partition coefficient (Wildman–Crippen LogP) is 1.72. The van der Waals surface area contributed by atoms with E-state index in [1.54, 1.807) is 6.07 Å². The summed E-state index contributed by atoms with van der Waals surface area (Å²) in [6, 6.07) is 5.72. The Morgan fingerprint density at radius 3 is 2.25 bits per heavy atom. The van der Waals surface area contributed by atoms with Gasteiger partial charge in [-0.2, -0.15) is 13.2 Å². The third-order valence-electron chi connectivity index (χ3n) is 3.29. The first-order chi connectivity index (χ1) is 11.0. The van der Waals surface area contributed by atoms with Gasteiger partial charge < -0.3 is 15.6 Å². The van der Waals surface area contributed by atoms with Crippen LogP contribution in [0.4, 0.5) is 22.0 Å². The zero-order valence-electron chi connectivity index (χ0n) is 12.6. The second-order valence-corrected chi connectivity index (χ2v) is 5.25. The van der Waals surface area contributed by atoms with Crippen molar-refractivity contribution in [2.75, 3.05) is 6.54 Å². The molecule has 1 aromatic rings. The second-order valence-electron chi connectivity index (χ2n) is 5.25. The van der Waals surface area contributed by atoms with E-state index < -0.39 is 43.0 Å². The topological polar surface area (TPSA) is 84.6 Å². The van der Waals surface area contributed by atoms with Gasteiger partial charge in [0, 0.05) is 6.54 Å². The van der Waals surface area contributed by atoms with E-state index in [-0.39, 0.29) is 5.56 Å². The number of halogens is 5. The van der Waals surface area contributed by atoms with Gasteiger partial charge in [-0.25, -0.2) is 13.6 Å². The molecule has 1 aromatic carbocycles. The SMILES string of the molecule is CC(CN)(NC(c1ccccc1)C(O)OC(=O)C(F)(F)F)C(F)F. The number of carbonyl (C=O) groups excluding carboxylic acids is 1. The number of hydrogen-bond acceptors (Lipinski definition) is 5. The smallest absolute Gasteiger partial charge is 0.427 e. The molecule has 0 saturated carbocycles. The summed E-state index contributed by atoms with van der Waals surface area (Å²) < 4.78 is 67.1. The molecular weight excluding hydrogens is 339 g/mol. The first kappa shape index (κ1) is 20.3. The first-order valence-electron chi connectivity index (χ1n) is 6.78. The molecule has 0 aliphatic rings. The van der Waals surface area contributed by atoms with E-state index in [1.807, 2.05) is 0 Å². The summed E-state index contributed by atoms with van der Waals surface area (Å²) in [7, 11) is 0. The van der Waals surface area contributed by atoms with Crippen LogP contribution in [0.1, 0.15) is 18.5 Å². The molecular formula is C14H17F5N2O3. The van der Waals surface area contributed by atoms with Crippen LogP contribution < -0.4 is 11.1 Å². The monoisotopic (exact) mass is 356 g/mol. The Hall–Kier alpha value is -1.78. The van der Waals surface area contributed by atoms with E-state index in [9.17, 15) is 31.9 Å². The fourth-order valence-electron chi connectivity index (χ4n) is 1.79. The summed E-state index contributed by atoms with van der Waals surface area (Å²) in [4.78, 5) is 10.9. The predicted molar refractivity (Wildman–Crippen MR) is 73.9 cm³/mol. The maximum absolute atomic E-state index is 13.2. The first-order valence-corrected chi connectivity index (χ1v) is 6.78. The minimum Gasteiger partial charge on any atom is -0.427 e. The summed E-state index contributed by atoms with van der Waals surface area (Å²) in [5.74, 6) is -2.63. The van der Waals surface area contributed by atoms with Gasteiger partial charge in [0.2, 0.25) is 6.29 Å². The number of nitrogens with one attached hydrogen (secondary N) is 1. The zero-order chi connectivity index (χ0) is 18.5. The third kappa shape index (κ3) is 5.11. The second kappa shape index (κ2) is 7.86. The molecule has 0 aliphatic carbocycles. The molecule has 0 fully saturated rings. The Labute approximate surface area is 134 Å². The maximum Gasteiger partial charge on any atom is 0.491 e. The number of alkyl halides is 5. The molecule has 10 heteroatoms. The van der Waals surface area contributed by atoms with Crippen LogP contribution in [0.15, 0.2) is 30.3 Å². The van der Waals surface area contributed by atoms with Gasteiger partial charge in [0.05, 0.1) is 11.6 Å². The molecule has 0 spiro atoms. The van der Waals surface area contributed by atoms with Crippen LogP contribution in [0.5, 0.6) is 0 Å². The molecule has 0 saturated heterocycles. The minimum absolute atomic E-state index is 0.139. The lowest BCUT2D eigenvalue weighted by molar-refractivity contribution is -0.223. The van der Waals surface area contributed by atoms with Gasteiger partial charge in [0.25, 0.3) is 6.43 Å². The highest BCUT2D eigenvalue weighted by molar-refractivity contribution is 5.75. The number of aliphatic hydroxyl groups is 1. The quantitative estimate of drug-likeness (QED) is 0.394. The van der Waals surface area contributed by atoms with Crippen molar-refractivity contribution in [3.8, 4) is 0 Å². The van der Waals surface area contributed by atoms with Gasteiger partial charge in [-0.3, -0.25) is 5.32 Å². The standard InChI is InChI=1S/C14H17F5N2O3/c1-13(7-20,11(15)16)21-9(8-5-3-2-4-6-8)10(22)24-12(23)14(17,18)19/h2-6,9-11,21-22H,7,20H2,1H3. The zero-order valence-corrected chi connectivity index (χ0v) is 12.6. The van der Waals surface area contributed by atoms with Gasteiger partial charge in [-0.15, -0.1) is 0 Å². The van der Waals surface area contributed by atoms with Gasteiger partial charge in [-0.05, 0) is 12.5 Å². The van der Waals surface area contributed by atoms with E-state index >= 15 is 0 Å². The van der Waals surface area contributed by atoms with Gasteiger partial charge in [0.15, 0.2) is 0 Å². The summed E-state index contributed by atoms with van der Waals surface area (Å²) >= 11 is 0. The fourth-order valence-corrected chi connectivity index (χ4v) is 1.79. The Bertz CT molecular complexity index is 541. The molecule has 0 bridgehead atoms. The Morgan fingerprint density at radius 1 is 1.29 bits per heavy atom. The molecule has 0 amide bonds. The molecule has 0 radical (unpaired) electrons. The van der Waals surface area contributed by atoms with Crippen molar-refractivity contribution in [2.24, 2.45) is 5.73 Å². The van der Waals surface area contributed by atoms with Crippen molar-refractivity contribution >= 4 is 5.97 Å². The average molecular weight is 356 g/mol. The molecule has 0 aromatic heterocycles. The lowest BCUT2D eigenvalue weighted by Gasteiger charge is -2.35. The summed E-state index contributed by atoms with van der Waals surface area (Å²) in [5.41, 5.74) is 3.41. The summed E-state index contributed by atoms with van der Waals surface area (Å²) in [6.07, 6.45) is -10.7. The molecule has 0 aliphatic heterocycles. The molecule has 5 nitrogen and oxygen atoms in total. The molecule has 4 N–H and O–H groups in total. The number of esters is 1. The number of aliphatic hydroxyl groups excluding tert-OH is 1. The van der Waals surface area contributed by atoms with Crippen molar-refractivity contribution < 1.29 is 36.6 Å². The molecule has 3 atom stereocenters. The molecule has 1 rings (SSSR count). The highest BCUT2D eigenvalue weighted by Gasteiger charge is 2.45. The number of rotatable bonds is 7. The molecule has 0 heterocycles. The third-order valence-corrected chi connectivity index (χ3v) is 3.29. The number of nitrogens with two attached hydrogens (primary N) is 1. The van der Waals surface area contributed by atoms with Crippen molar-refractivity contribution in [3.05, 3.63) is 35.9 Å². The van der Waals surface area contributed by atoms with Crippen LogP contribution in [0, 0.1) is 0 Å². The highest BCUT2D eigenvalue weighted by atomic mass is 19.4. The van der Waals surface area contributed by atoms with Crippen molar-refractivity contribution in [3.63, 3.8) is 0 Å². The van der Waals surface area contributed by atoms with E-state index in [0.717, 1.165) is 6.92 Å². The number of benzene rings is 1. The van der Waals surface area contributed by atoms with E-state index in [2.05, 4.69) is 10.1 Å².